The molecule has 180 valence electrons. The maximum atomic E-state index is 13.5. The highest BCUT2D eigenvalue weighted by Gasteiger charge is 2.26. The number of hydrogen-bond acceptors (Lipinski definition) is 2. The fourth-order valence-corrected chi connectivity index (χ4v) is 4.82. The van der Waals surface area contributed by atoms with Gasteiger partial charge in [-0.2, -0.15) is 0 Å². The fourth-order valence-electron chi connectivity index (χ4n) is 4.63. The van der Waals surface area contributed by atoms with Crippen LogP contribution in [0.5, 0.6) is 0 Å². The lowest BCUT2D eigenvalue weighted by molar-refractivity contribution is -0.127. The Hall–Kier alpha value is -3.57. The van der Waals surface area contributed by atoms with Crippen molar-refractivity contribution in [3.05, 3.63) is 101 Å². The van der Waals surface area contributed by atoms with Crippen LogP contribution in [0.4, 0.5) is 5.69 Å². The Bertz CT molecular complexity index is 1350. The highest BCUT2D eigenvalue weighted by molar-refractivity contribution is 6.30. The Morgan fingerprint density at radius 3 is 2.43 bits per heavy atom. The van der Waals surface area contributed by atoms with Crippen molar-refractivity contribution in [2.24, 2.45) is 0 Å². The molecule has 0 fully saturated rings. The molecule has 0 aliphatic rings. The summed E-state index contributed by atoms with van der Waals surface area (Å²) in [6, 6.07) is 24.3. The molecule has 0 spiro atoms. The molecular weight excluding hydrogens is 458 g/mol. The summed E-state index contributed by atoms with van der Waals surface area (Å²) in [6.45, 7) is 4.97. The van der Waals surface area contributed by atoms with E-state index in [0.717, 1.165) is 34.3 Å². The maximum absolute atomic E-state index is 13.5. The minimum absolute atomic E-state index is 0.180. The van der Waals surface area contributed by atoms with E-state index in [1.807, 2.05) is 55.5 Å². The second-order valence-corrected chi connectivity index (χ2v) is 9.13. The van der Waals surface area contributed by atoms with Crippen LogP contribution in [-0.2, 0) is 29.0 Å². The van der Waals surface area contributed by atoms with E-state index in [0.29, 0.717) is 17.1 Å². The number of carbonyl (C=O) groups excluding carboxylic acids is 2. The van der Waals surface area contributed by atoms with E-state index in [9.17, 15) is 9.59 Å². The monoisotopic (exact) mass is 487 g/mol. The zero-order chi connectivity index (χ0) is 24.9. The molecule has 0 aliphatic carbocycles. The van der Waals surface area contributed by atoms with Crippen LogP contribution < -0.4 is 10.2 Å². The van der Waals surface area contributed by atoms with Crippen LogP contribution in [0.1, 0.15) is 23.7 Å². The standard InChI is InChI=1S/C29H30ClN3O2/c1-4-33-20(2)25(24-15-8-9-16-27(24)33)19-28(34)31-26(17-21-11-6-5-7-12-21)29(35)32(3)23-14-10-13-22(30)18-23/h5-16,18,26H,4,17,19H2,1-3H3,(H,31,34)/t26-/m0/s1. The summed E-state index contributed by atoms with van der Waals surface area (Å²) in [4.78, 5) is 28.4. The Kier molecular flexibility index (Phi) is 7.57. The first-order valence-corrected chi connectivity index (χ1v) is 12.2. The number of benzene rings is 3. The number of halogens is 1. The molecule has 0 unspecified atom stereocenters. The van der Waals surface area contributed by atoms with Crippen molar-refractivity contribution in [2.45, 2.75) is 39.3 Å². The summed E-state index contributed by atoms with van der Waals surface area (Å²) in [7, 11) is 1.71. The topological polar surface area (TPSA) is 54.3 Å². The van der Waals surface area contributed by atoms with Crippen molar-refractivity contribution in [3.8, 4) is 0 Å². The predicted molar refractivity (Wildman–Crippen MR) is 143 cm³/mol. The van der Waals surface area contributed by atoms with Crippen molar-refractivity contribution in [3.63, 3.8) is 0 Å². The molecule has 6 heteroatoms. The first-order chi connectivity index (χ1) is 16.9. The lowest BCUT2D eigenvalue weighted by Crippen LogP contribution is -2.49. The van der Waals surface area contributed by atoms with Crippen molar-refractivity contribution in [1.82, 2.24) is 9.88 Å². The van der Waals surface area contributed by atoms with Gasteiger partial charge in [0.1, 0.15) is 6.04 Å². The maximum Gasteiger partial charge on any atom is 0.249 e. The summed E-state index contributed by atoms with van der Waals surface area (Å²) in [5, 5.41) is 4.65. The summed E-state index contributed by atoms with van der Waals surface area (Å²) in [5.41, 5.74) is 4.84. The van der Waals surface area contributed by atoms with Gasteiger partial charge in [-0.1, -0.05) is 66.2 Å². The first-order valence-electron chi connectivity index (χ1n) is 11.8. The number of anilines is 1. The van der Waals surface area contributed by atoms with Gasteiger partial charge in [0.25, 0.3) is 0 Å². The van der Waals surface area contributed by atoms with E-state index in [-0.39, 0.29) is 18.2 Å². The SMILES string of the molecule is CCn1c(C)c(CC(=O)N[C@@H](Cc2ccccc2)C(=O)N(C)c2cccc(Cl)c2)c2ccccc21. The third-order valence-corrected chi connectivity index (χ3v) is 6.69. The molecule has 2 amide bonds. The molecule has 1 atom stereocenters. The minimum Gasteiger partial charge on any atom is -0.345 e. The average Bonchev–Trinajstić information content (AvgIpc) is 3.13. The third kappa shape index (κ3) is 5.41. The zero-order valence-electron chi connectivity index (χ0n) is 20.3. The number of nitrogens with one attached hydrogen (secondary N) is 1. The van der Waals surface area contributed by atoms with Gasteiger partial charge in [-0.05, 0) is 49.2 Å². The Balaban J connectivity index is 1.60. The molecule has 0 bridgehead atoms. The number of para-hydroxylation sites is 1. The van der Waals surface area contributed by atoms with Crippen LogP contribution in [-0.4, -0.2) is 29.5 Å². The van der Waals surface area contributed by atoms with Gasteiger partial charge in [0.2, 0.25) is 11.8 Å². The van der Waals surface area contributed by atoms with Crippen LogP contribution >= 0.6 is 11.6 Å². The van der Waals surface area contributed by atoms with E-state index in [2.05, 4.69) is 28.9 Å². The average molecular weight is 488 g/mol. The number of likely N-dealkylation sites (N-methyl/N-ethyl adjacent to an activating group) is 1. The Morgan fingerprint density at radius 1 is 1.00 bits per heavy atom. The van der Waals surface area contributed by atoms with Gasteiger partial charge in [-0.15, -0.1) is 0 Å². The highest BCUT2D eigenvalue weighted by Crippen LogP contribution is 2.26. The zero-order valence-corrected chi connectivity index (χ0v) is 21.0. The van der Waals surface area contributed by atoms with Gasteiger partial charge in [-0.25, -0.2) is 0 Å². The number of fused-ring (bicyclic) bond motifs is 1. The molecule has 0 aliphatic heterocycles. The predicted octanol–water partition coefficient (Wildman–Crippen LogP) is 5.56. The Morgan fingerprint density at radius 2 is 1.71 bits per heavy atom. The number of nitrogens with zero attached hydrogens (tertiary/aromatic N) is 2. The lowest BCUT2D eigenvalue weighted by Gasteiger charge is -2.25. The summed E-state index contributed by atoms with van der Waals surface area (Å²) >= 11 is 6.14. The van der Waals surface area contributed by atoms with Gasteiger partial charge < -0.3 is 14.8 Å². The molecular formula is C29H30ClN3O2. The van der Waals surface area contributed by atoms with Crippen molar-refractivity contribution in [1.29, 1.82) is 0 Å². The van der Waals surface area contributed by atoms with Crippen molar-refractivity contribution < 1.29 is 9.59 Å². The largest absolute Gasteiger partial charge is 0.345 e. The van der Waals surface area contributed by atoms with E-state index >= 15 is 0 Å². The number of rotatable bonds is 8. The first kappa shape index (κ1) is 24.6. The molecule has 0 radical (unpaired) electrons. The number of aromatic nitrogens is 1. The van der Waals surface area contributed by atoms with Crippen molar-refractivity contribution in [2.75, 3.05) is 11.9 Å². The molecule has 4 aromatic rings. The normalized spacial score (nSPS) is 11.9. The van der Waals surface area contributed by atoms with E-state index in [1.54, 1.807) is 30.1 Å². The minimum atomic E-state index is -0.714. The molecule has 3 aromatic carbocycles. The number of aryl methyl sites for hydroxylation is 1. The number of carbonyl (C=O) groups is 2. The van der Waals surface area contributed by atoms with Gasteiger partial charge >= 0.3 is 0 Å². The Labute approximate surface area is 211 Å². The van der Waals surface area contributed by atoms with Gasteiger partial charge in [0.15, 0.2) is 0 Å². The number of amides is 2. The van der Waals surface area contributed by atoms with Crippen molar-refractivity contribution >= 4 is 40.0 Å². The van der Waals surface area contributed by atoms with Gasteiger partial charge in [0.05, 0.1) is 6.42 Å². The smallest absolute Gasteiger partial charge is 0.249 e. The summed E-state index contributed by atoms with van der Waals surface area (Å²) in [6.07, 6.45) is 0.602. The summed E-state index contributed by atoms with van der Waals surface area (Å²) in [5.74, 6) is -0.377. The molecule has 1 N–H and O–H groups in total. The fraction of sp³-hybridized carbons (Fsp3) is 0.241. The second kappa shape index (κ2) is 10.8. The van der Waals surface area contributed by atoms with E-state index < -0.39 is 6.04 Å². The second-order valence-electron chi connectivity index (χ2n) is 8.69. The van der Waals surface area contributed by atoms with Crippen LogP contribution in [0.15, 0.2) is 78.9 Å². The molecule has 4 rings (SSSR count). The molecule has 0 saturated heterocycles. The van der Waals surface area contributed by atoms with E-state index in [4.69, 9.17) is 11.6 Å². The highest BCUT2D eigenvalue weighted by atomic mass is 35.5. The quantitative estimate of drug-likeness (QED) is 0.354. The number of hydrogen-bond donors (Lipinski definition) is 1. The molecule has 35 heavy (non-hydrogen) atoms. The van der Waals surface area contributed by atoms with Gasteiger partial charge in [0, 0.05) is 47.3 Å². The molecule has 5 nitrogen and oxygen atoms in total. The third-order valence-electron chi connectivity index (χ3n) is 6.46. The van der Waals surface area contributed by atoms with Gasteiger partial charge in [-0.3, -0.25) is 9.59 Å². The molecule has 1 aromatic heterocycles. The molecule has 0 saturated carbocycles. The molecule has 1 heterocycles. The van der Waals surface area contributed by atoms with Crippen LogP contribution in [0.25, 0.3) is 10.9 Å². The summed E-state index contributed by atoms with van der Waals surface area (Å²) < 4.78 is 2.22. The van der Waals surface area contributed by atoms with Crippen LogP contribution in [0.3, 0.4) is 0 Å². The lowest BCUT2D eigenvalue weighted by atomic mass is 10.0. The van der Waals surface area contributed by atoms with Crippen LogP contribution in [0.2, 0.25) is 5.02 Å². The van der Waals surface area contributed by atoms with Crippen LogP contribution in [0, 0.1) is 6.92 Å². The van der Waals surface area contributed by atoms with E-state index in [1.165, 1.54) is 0 Å².